The lowest BCUT2D eigenvalue weighted by Gasteiger charge is -2.26. The standard InChI is InChI=1S/C20H20FN3O4/c1-27-18(25)14-3-4-16-15(10-14)20(21,19(26)23-16)17-5-2-13(11-22-17)12-24-6-8-28-9-7-24/h2-5,10-11H,6-9,12H2,1H3,(H,23,26). The Morgan fingerprint density at radius 3 is 2.79 bits per heavy atom. The normalized spacial score (nSPS) is 21.9. The van der Waals surface area contributed by atoms with E-state index in [0.29, 0.717) is 25.4 Å². The number of hydrogen-bond donors (Lipinski definition) is 1. The van der Waals surface area contributed by atoms with Crippen molar-refractivity contribution in [3.05, 3.63) is 58.9 Å². The number of hydrogen-bond acceptors (Lipinski definition) is 6. The molecule has 28 heavy (non-hydrogen) atoms. The molecule has 146 valence electrons. The molecule has 7 nitrogen and oxygen atoms in total. The van der Waals surface area contributed by atoms with Gasteiger partial charge in [0, 0.05) is 37.1 Å². The summed E-state index contributed by atoms with van der Waals surface area (Å²) in [6, 6.07) is 7.61. The number of pyridine rings is 1. The van der Waals surface area contributed by atoms with Crippen LogP contribution >= 0.6 is 0 Å². The van der Waals surface area contributed by atoms with Crippen LogP contribution in [0.1, 0.15) is 27.2 Å². The molecule has 2 aliphatic rings. The Bertz CT molecular complexity index is 912. The number of carbonyl (C=O) groups is 2. The molecule has 0 bridgehead atoms. The van der Waals surface area contributed by atoms with E-state index in [1.165, 1.54) is 31.4 Å². The Balaban J connectivity index is 1.63. The van der Waals surface area contributed by atoms with Gasteiger partial charge >= 0.3 is 5.97 Å². The summed E-state index contributed by atoms with van der Waals surface area (Å²) in [7, 11) is 1.25. The number of carbonyl (C=O) groups excluding carboxylic acids is 2. The van der Waals surface area contributed by atoms with E-state index in [-0.39, 0.29) is 16.8 Å². The molecule has 1 amide bonds. The molecule has 2 aliphatic heterocycles. The van der Waals surface area contributed by atoms with Crippen LogP contribution in [0, 0.1) is 0 Å². The molecule has 1 aromatic heterocycles. The van der Waals surface area contributed by atoms with E-state index in [4.69, 9.17) is 4.74 Å². The average molecular weight is 385 g/mol. The van der Waals surface area contributed by atoms with Gasteiger partial charge in [0.25, 0.3) is 11.6 Å². The molecule has 0 aliphatic carbocycles. The van der Waals surface area contributed by atoms with Crippen LogP contribution in [-0.2, 0) is 26.5 Å². The van der Waals surface area contributed by atoms with Crippen LogP contribution < -0.4 is 5.32 Å². The number of methoxy groups -OCH3 is 1. The van der Waals surface area contributed by atoms with Gasteiger partial charge in [-0.3, -0.25) is 14.7 Å². The third kappa shape index (κ3) is 3.14. The van der Waals surface area contributed by atoms with Crippen molar-refractivity contribution in [2.45, 2.75) is 12.2 Å². The van der Waals surface area contributed by atoms with Gasteiger partial charge in [0.15, 0.2) is 0 Å². The summed E-state index contributed by atoms with van der Waals surface area (Å²) in [5.74, 6) is -1.42. The van der Waals surface area contributed by atoms with Crippen LogP contribution in [0.3, 0.4) is 0 Å². The maximum atomic E-state index is 15.9. The smallest absolute Gasteiger partial charge is 0.337 e. The minimum Gasteiger partial charge on any atom is -0.465 e. The number of ether oxygens (including phenoxy) is 2. The highest BCUT2D eigenvalue weighted by Crippen LogP contribution is 2.43. The quantitative estimate of drug-likeness (QED) is 0.810. The molecule has 8 heteroatoms. The van der Waals surface area contributed by atoms with E-state index in [9.17, 15) is 9.59 Å². The van der Waals surface area contributed by atoms with Gasteiger partial charge in [-0.15, -0.1) is 0 Å². The van der Waals surface area contributed by atoms with Gasteiger partial charge in [-0.1, -0.05) is 6.07 Å². The van der Waals surface area contributed by atoms with Crippen molar-refractivity contribution in [3.63, 3.8) is 0 Å². The Kier molecular flexibility index (Phi) is 4.82. The van der Waals surface area contributed by atoms with Crippen molar-refractivity contribution in [2.24, 2.45) is 0 Å². The van der Waals surface area contributed by atoms with Gasteiger partial charge < -0.3 is 14.8 Å². The van der Waals surface area contributed by atoms with Crippen molar-refractivity contribution in [3.8, 4) is 0 Å². The predicted octanol–water partition coefficient (Wildman–Crippen LogP) is 1.87. The number of morpholine rings is 1. The third-order valence-electron chi connectivity index (χ3n) is 5.06. The summed E-state index contributed by atoms with van der Waals surface area (Å²) in [6.07, 6.45) is 1.58. The number of nitrogens with one attached hydrogen (secondary N) is 1. The summed E-state index contributed by atoms with van der Waals surface area (Å²) in [4.78, 5) is 30.7. The number of alkyl halides is 1. The van der Waals surface area contributed by atoms with Crippen molar-refractivity contribution in [2.75, 3.05) is 38.7 Å². The first-order valence-corrected chi connectivity index (χ1v) is 9.01. The number of benzene rings is 1. The van der Waals surface area contributed by atoms with Gasteiger partial charge in [0.1, 0.15) is 0 Å². The predicted molar refractivity (Wildman–Crippen MR) is 98.6 cm³/mol. The molecule has 1 aromatic carbocycles. The number of esters is 1. The molecule has 3 heterocycles. The molecule has 4 rings (SSSR count). The van der Waals surface area contributed by atoms with Crippen LogP contribution in [0.4, 0.5) is 10.1 Å². The Morgan fingerprint density at radius 2 is 2.11 bits per heavy atom. The number of halogens is 1. The molecule has 0 radical (unpaired) electrons. The first-order chi connectivity index (χ1) is 13.5. The molecular weight excluding hydrogens is 365 g/mol. The fourth-order valence-electron chi connectivity index (χ4n) is 3.51. The highest BCUT2D eigenvalue weighted by Gasteiger charge is 2.50. The molecule has 1 unspecified atom stereocenters. The second-order valence-corrected chi connectivity index (χ2v) is 6.80. The molecule has 1 fully saturated rings. The van der Waals surface area contributed by atoms with Crippen LogP contribution in [0.25, 0.3) is 0 Å². The Morgan fingerprint density at radius 1 is 1.32 bits per heavy atom. The summed E-state index contributed by atoms with van der Waals surface area (Å²) < 4.78 is 25.9. The van der Waals surface area contributed by atoms with Crippen LogP contribution in [0.5, 0.6) is 0 Å². The zero-order valence-corrected chi connectivity index (χ0v) is 15.4. The summed E-state index contributed by atoms with van der Waals surface area (Å²) in [5.41, 5.74) is -0.999. The number of aromatic nitrogens is 1. The summed E-state index contributed by atoms with van der Waals surface area (Å²) >= 11 is 0. The maximum absolute atomic E-state index is 15.9. The monoisotopic (exact) mass is 385 g/mol. The van der Waals surface area contributed by atoms with Crippen molar-refractivity contribution in [1.82, 2.24) is 9.88 Å². The highest BCUT2D eigenvalue weighted by atomic mass is 19.1. The zero-order chi connectivity index (χ0) is 19.7. The molecule has 0 spiro atoms. The average Bonchev–Trinajstić information content (AvgIpc) is 2.99. The zero-order valence-electron chi connectivity index (χ0n) is 15.4. The largest absolute Gasteiger partial charge is 0.465 e. The molecule has 2 aromatic rings. The van der Waals surface area contributed by atoms with Gasteiger partial charge in [0.05, 0.1) is 31.6 Å². The fraction of sp³-hybridized carbons (Fsp3) is 0.350. The van der Waals surface area contributed by atoms with Gasteiger partial charge in [0.2, 0.25) is 0 Å². The topological polar surface area (TPSA) is 80.8 Å². The Hall–Kier alpha value is -2.84. The molecule has 1 N–H and O–H groups in total. The van der Waals surface area contributed by atoms with E-state index in [1.807, 2.05) is 0 Å². The fourth-order valence-corrected chi connectivity index (χ4v) is 3.51. The van der Waals surface area contributed by atoms with E-state index in [1.54, 1.807) is 12.3 Å². The van der Waals surface area contributed by atoms with Gasteiger partial charge in [-0.2, -0.15) is 0 Å². The summed E-state index contributed by atoms with van der Waals surface area (Å²) in [5, 5.41) is 2.52. The lowest BCUT2D eigenvalue weighted by atomic mass is 9.91. The van der Waals surface area contributed by atoms with E-state index < -0.39 is 17.5 Å². The lowest BCUT2D eigenvalue weighted by molar-refractivity contribution is -0.124. The number of rotatable bonds is 4. The van der Waals surface area contributed by atoms with E-state index in [0.717, 1.165) is 18.7 Å². The van der Waals surface area contributed by atoms with Gasteiger partial charge in [-0.25, -0.2) is 9.18 Å². The van der Waals surface area contributed by atoms with Crippen molar-refractivity contribution < 1.29 is 23.5 Å². The van der Waals surface area contributed by atoms with Crippen molar-refractivity contribution in [1.29, 1.82) is 0 Å². The Labute approximate surface area is 161 Å². The molecule has 0 saturated carbocycles. The number of anilines is 1. The van der Waals surface area contributed by atoms with Gasteiger partial charge in [-0.05, 0) is 29.8 Å². The van der Waals surface area contributed by atoms with E-state index in [2.05, 4.69) is 19.9 Å². The lowest BCUT2D eigenvalue weighted by Crippen LogP contribution is -2.35. The summed E-state index contributed by atoms with van der Waals surface area (Å²) in [6.45, 7) is 3.74. The van der Waals surface area contributed by atoms with Crippen LogP contribution in [0.15, 0.2) is 36.5 Å². The SMILES string of the molecule is COC(=O)c1ccc2c(c1)C(F)(c1ccc(CN3CCOCC3)cn1)C(=O)N2. The second-order valence-electron chi connectivity index (χ2n) is 6.80. The minimum absolute atomic E-state index is 0.0171. The first kappa shape index (κ1) is 18.5. The number of fused-ring (bicyclic) bond motifs is 1. The second kappa shape index (κ2) is 7.29. The minimum atomic E-state index is -2.46. The number of amides is 1. The molecule has 1 atom stereocenters. The number of nitrogens with zero attached hydrogens (tertiary/aromatic N) is 2. The highest BCUT2D eigenvalue weighted by molar-refractivity contribution is 6.08. The first-order valence-electron chi connectivity index (χ1n) is 9.01. The molecular formula is C20H20FN3O4. The van der Waals surface area contributed by atoms with Crippen LogP contribution in [-0.4, -0.2) is 55.2 Å². The third-order valence-corrected chi connectivity index (χ3v) is 5.06. The van der Waals surface area contributed by atoms with Crippen molar-refractivity contribution >= 4 is 17.6 Å². The van der Waals surface area contributed by atoms with Crippen LogP contribution in [0.2, 0.25) is 0 Å². The van der Waals surface area contributed by atoms with E-state index >= 15 is 4.39 Å². The molecule has 1 saturated heterocycles. The maximum Gasteiger partial charge on any atom is 0.337 e.